The van der Waals surface area contributed by atoms with E-state index in [2.05, 4.69) is 5.10 Å². The number of nitrogens with zero attached hydrogens (tertiary/aromatic N) is 3. The van der Waals surface area contributed by atoms with E-state index in [0.717, 1.165) is 10.2 Å². The number of aromatic nitrogens is 2. The maximum absolute atomic E-state index is 13.3. The maximum Gasteiger partial charge on any atom is 0.410 e. The monoisotopic (exact) mass is 451 g/mol. The lowest BCUT2D eigenvalue weighted by atomic mass is 10.1. The molecule has 4 heterocycles. The summed E-state index contributed by atoms with van der Waals surface area (Å²) in [5.41, 5.74) is 0.782. The van der Waals surface area contributed by atoms with Gasteiger partial charge in [-0.2, -0.15) is 18.3 Å². The summed E-state index contributed by atoms with van der Waals surface area (Å²) in [7, 11) is 0. The number of thiophene rings is 1. The molecule has 31 heavy (non-hydrogen) atoms. The SMILES string of the molecule is O=C(c1cc(COc2ccc3c(c2)OCO3)cs1)N1CCC(C(F)(F)F)n2nccc21. The van der Waals surface area contributed by atoms with Gasteiger partial charge in [-0.1, -0.05) is 0 Å². The molecular weight excluding hydrogens is 435 g/mol. The van der Waals surface area contributed by atoms with Crippen molar-refractivity contribution in [2.75, 3.05) is 18.2 Å². The van der Waals surface area contributed by atoms with Crippen LogP contribution in [0.2, 0.25) is 0 Å². The number of amides is 1. The van der Waals surface area contributed by atoms with Crippen LogP contribution >= 0.6 is 11.3 Å². The fraction of sp³-hybridized carbons (Fsp3) is 0.300. The zero-order chi connectivity index (χ0) is 21.6. The van der Waals surface area contributed by atoms with Gasteiger partial charge in [0, 0.05) is 24.2 Å². The third-order valence-electron chi connectivity index (χ3n) is 5.08. The van der Waals surface area contributed by atoms with Gasteiger partial charge in [-0.15, -0.1) is 11.3 Å². The molecule has 0 N–H and O–H groups in total. The predicted octanol–water partition coefficient (Wildman–Crippen LogP) is 4.41. The zero-order valence-electron chi connectivity index (χ0n) is 16.0. The molecule has 0 radical (unpaired) electrons. The molecule has 1 aromatic carbocycles. The third kappa shape index (κ3) is 3.69. The molecule has 7 nitrogen and oxygen atoms in total. The lowest BCUT2D eigenvalue weighted by Crippen LogP contribution is -2.42. The van der Waals surface area contributed by atoms with E-state index < -0.39 is 12.2 Å². The number of rotatable bonds is 4. The molecule has 0 bridgehead atoms. The Labute approximate surface area is 178 Å². The van der Waals surface area contributed by atoms with Crippen LogP contribution in [0.25, 0.3) is 0 Å². The largest absolute Gasteiger partial charge is 0.489 e. The Morgan fingerprint density at radius 1 is 1.23 bits per heavy atom. The number of anilines is 1. The van der Waals surface area contributed by atoms with Gasteiger partial charge in [0.05, 0.1) is 11.1 Å². The van der Waals surface area contributed by atoms with Crippen LogP contribution in [0, 0.1) is 0 Å². The van der Waals surface area contributed by atoms with Gasteiger partial charge in [0.15, 0.2) is 17.5 Å². The second-order valence-electron chi connectivity index (χ2n) is 7.06. The third-order valence-corrected chi connectivity index (χ3v) is 6.05. The van der Waals surface area contributed by atoms with E-state index in [1.807, 2.05) is 0 Å². The number of alkyl halides is 3. The van der Waals surface area contributed by atoms with Crippen molar-refractivity contribution in [3.05, 3.63) is 52.3 Å². The van der Waals surface area contributed by atoms with Crippen LogP contribution in [0.3, 0.4) is 0 Å². The van der Waals surface area contributed by atoms with Crippen molar-refractivity contribution in [3.63, 3.8) is 0 Å². The summed E-state index contributed by atoms with van der Waals surface area (Å²) in [4.78, 5) is 14.7. The van der Waals surface area contributed by atoms with Crippen molar-refractivity contribution in [2.24, 2.45) is 0 Å². The summed E-state index contributed by atoms with van der Waals surface area (Å²) < 4.78 is 57.0. The van der Waals surface area contributed by atoms with Crippen LogP contribution in [0.1, 0.15) is 27.7 Å². The summed E-state index contributed by atoms with van der Waals surface area (Å²) in [6.07, 6.45) is -3.38. The highest BCUT2D eigenvalue weighted by atomic mass is 32.1. The molecule has 2 aliphatic heterocycles. The van der Waals surface area contributed by atoms with Crippen LogP contribution in [-0.4, -0.2) is 35.2 Å². The van der Waals surface area contributed by atoms with Crippen LogP contribution in [0.4, 0.5) is 19.0 Å². The second-order valence-corrected chi connectivity index (χ2v) is 7.97. The number of hydrogen-bond acceptors (Lipinski definition) is 6. The van der Waals surface area contributed by atoms with Crippen molar-refractivity contribution in [2.45, 2.75) is 25.2 Å². The first-order chi connectivity index (χ1) is 14.9. The Bertz CT molecular complexity index is 1130. The predicted molar refractivity (Wildman–Crippen MR) is 105 cm³/mol. The molecule has 0 saturated heterocycles. The summed E-state index contributed by atoms with van der Waals surface area (Å²) in [6, 6.07) is 6.64. The van der Waals surface area contributed by atoms with E-state index in [9.17, 15) is 18.0 Å². The molecule has 5 rings (SSSR count). The van der Waals surface area contributed by atoms with Gasteiger partial charge in [0.2, 0.25) is 6.79 Å². The highest BCUT2D eigenvalue weighted by molar-refractivity contribution is 7.12. The average molecular weight is 451 g/mol. The van der Waals surface area contributed by atoms with Crippen LogP contribution in [0.15, 0.2) is 41.9 Å². The quantitative estimate of drug-likeness (QED) is 0.588. The van der Waals surface area contributed by atoms with Crippen LogP contribution in [0.5, 0.6) is 17.2 Å². The molecule has 0 fully saturated rings. The highest BCUT2D eigenvalue weighted by Gasteiger charge is 2.46. The topological polar surface area (TPSA) is 65.8 Å². The van der Waals surface area contributed by atoms with Crippen molar-refractivity contribution in [1.29, 1.82) is 0 Å². The molecule has 2 aliphatic rings. The van der Waals surface area contributed by atoms with Gasteiger partial charge < -0.3 is 14.2 Å². The first-order valence-corrected chi connectivity index (χ1v) is 10.3. The van der Waals surface area contributed by atoms with Crippen LogP contribution < -0.4 is 19.1 Å². The van der Waals surface area contributed by atoms with E-state index in [4.69, 9.17) is 14.2 Å². The van der Waals surface area contributed by atoms with Crippen molar-refractivity contribution in [3.8, 4) is 17.2 Å². The highest BCUT2D eigenvalue weighted by Crippen LogP contribution is 2.39. The van der Waals surface area contributed by atoms with E-state index in [1.54, 1.807) is 29.6 Å². The number of carbonyl (C=O) groups is 1. The molecule has 1 atom stereocenters. The van der Waals surface area contributed by atoms with Gasteiger partial charge >= 0.3 is 6.18 Å². The summed E-state index contributed by atoms with van der Waals surface area (Å²) in [6.45, 7) is 0.376. The molecule has 1 unspecified atom stereocenters. The molecule has 11 heteroatoms. The first kappa shape index (κ1) is 19.7. The minimum atomic E-state index is -4.42. The van der Waals surface area contributed by atoms with Gasteiger partial charge in [0.1, 0.15) is 18.2 Å². The molecule has 0 saturated carbocycles. The van der Waals surface area contributed by atoms with E-state index in [-0.39, 0.29) is 38.1 Å². The number of carbonyl (C=O) groups excluding carboxylic acids is 1. The minimum absolute atomic E-state index is 0.0321. The lowest BCUT2D eigenvalue weighted by Gasteiger charge is -2.33. The molecule has 1 amide bonds. The standard InChI is InChI=1S/C20H16F3N3O4S/c21-20(22,23)17-4-6-25(18-3-5-24-26(17)18)19(27)16-7-12(10-31-16)9-28-13-1-2-14-15(8-13)30-11-29-14/h1-3,5,7-8,10,17H,4,6,9,11H2. The molecular formula is C20H16F3N3O4S. The number of ether oxygens (including phenoxy) is 3. The summed E-state index contributed by atoms with van der Waals surface area (Å²) in [5.74, 6) is 1.65. The smallest absolute Gasteiger partial charge is 0.410 e. The Morgan fingerprint density at radius 3 is 2.90 bits per heavy atom. The first-order valence-electron chi connectivity index (χ1n) is 9.42. The fourth-order valence-corrected chi connectivity index (χ4v) is 4.43. The molecule has 0 spiro atoms. The molecule has 3 aromatic rings. The normalized spacial score (nSPS) is 17.5. The fourth-order valence-electron chi connectivity index (χ4n) is 3.59. The number of hydrogen-bond donors (Lipinski definition) is 0. The minimum Gasteiger partial charge on any atom is -0.489 e. The molecule has 2 aromatic heterocycles. The second kappa shape index (κ2) is 7.49. The molecule has 162 valence electrons. The summed E-state index contributed by atoms with van der Waals surface area (Å²) in [5, 5.41) is 5.58. The number of halogens is 3. The molecule has 0 aliphatic carbocycles. The van der Waals surface area contributed by atoms with Crippen LogP contribution in [-0.2, 0) is 6.61 Å². The van der Waals surface area contributed by atoms with Gasteiger partial charge in [-0.25, -0.2) is 4.68 Å². The Kier molecular flexibility index (Phi) is 4.77. The number of fused-ring (bicyclic) bond motifs is 2. The lowest BCUT2D eigenvalue weighted by molar-refractivity contribution is -0.172. The Balaban J connectivity index is 1.28. The maximum atomic E-state index is 13.3. The summed E-state index contributed by atoms with van der Waals surface area (Å²) >= 11 is 1.22. The Morgan fingerprint density at radius 2 is 2.06 bits per heavy atom. The van der Waals surface area contributed by atoms with E-state index >= 15 is 0 Å². The number of benzene rings is 1. The van der Waals surface area contributed by atoms with Crippen molar-refractivity contribution >= 4 is 23.1 Å². The van der Waals surface area contributed by atoms with Gasteiger partial charge in [-0.05, 0) is 30.0 Å². The van der Waals surface area contributed by atoms with Crippen molar-refractivity contribution < 1.29 is 32.2 Å². The van der Waals surface area contributed by atoms with E-state index in [1.165, 1.54) is 28.5 Å². The average Bonchev–Trinajstić information content (AvgIpc) is 3.50. The Hall–Kier alpha value is -3.21. The van der Waals surface area contributed by atoms with E-state index in [0.29, 0.717) is 22.1 Å². The van der Waals surface area contributed by atoms with Gasteiger partial charge in [0.25, 0.3) is 5.91 Å². The zero-order valence-corrected chi connectivity index (χ0v) is 16.8. The van der Waals surface area contributed by atoms with Crippen molar-refractivity contribution in [1.82, 2.24) is 9.78 Å². The van der Waals surface area contributed by atoms with Gasteiger partial charge in [-0.3, -0.25) is 9.69 Å².